The second kappa shape index (κ2) is 6.46. The molecule has 1 aliphatic heterocycles. The van der Waals surface area contributed by atoms with Gasteiger partial charge in [0.05, 0.1) is 33.7 Å². The first kappa shape index (κ1) is 16.8. The first-order valence-electron chi connectivity index (χ1n) is 7.27. The Morgan fingerprint density at radius 2 is 1.89 bits per heavy atom. The Morgan fingerprint density at radius 3 is 2.32 bits per heavy atom. The van der Waals surface area contributed by atoms with Crippen molar-refractivity contribution in [2.75, 3.05) is 47.3 Å². The molecule has 114 valence electrons. The minimum atomic E-state index is -2.53. The average Bonchev–Trinajstić information content (AvgIpc) is 2.55. The van der Waals surface area contributed by atoms with Gasteiger partial charge in [0.25, 0.3) is 5.92 Å². The number of alkyl halides is 2. The molecule has 1 fully saturated rings. The standard InChI is InChI=1S/C14H30F2N3/c1-12(2)18(10-11-19(3,4)5)9-6-13-14(15,16)7-8-17-13/h12-13,17H,6-11H2,1-5H3/q+1. The summed E-state index contributed by atoms with van der Waals surface area (Å²) in [4.78, 5) is 2.31. The van der Waals surface area contributed by atoms with Crippen LogP contribution in [-0.4, -0.2) is 74.7 Å². The molecule has 0 aromatic heterocycles. The fourth-order valence-electron chi connectivity index (χ4n) is 2.40. The number of halogens is 2. The van der Waals surface area contributed by atoms with E-state index in [0.29, 0.717) is 19.0 Å². The fourth-order valence-corrected chi connectivity index (χ4v) is 2.40. The summed E-state index contributed by atoms with van der Waals surface area (Å²) >= 11 is 0. The third kappa shape index (κ3) is 5.71. The zero-order valence-electron chi connectivity index (χ0n) is 13.0. The molecule has 1 saturated heterocycles. The van der Waals surface area contributed by atoms with Crippen molar-refractivity contribution in [1.29, 1.82) is 0 Å². The van der Waals surface area contributed by atoms with Crippen LogP contribution in [0.25, 0.3) is 0 Å². The molecular formula is C14H30F2N3+. The van der Waals surface area contributed by atoms with Crippen molar-refractivity contribution >= 4 is 0 Å². The molecular weight excluding hydrogens is 248 g/mol. The summed E-state index contributed by atoms with van der Waals surface area (Å²) in [6.07, 6.45) is 0.514. The van der Waals surface area contributed by atoms with Crippen molar-refractivity contribution < 1.29 is 13.3 Å². The molecule has 1 aliphatic rings. The minimum Gasteiger partial charge on any atom is -0.330 e. The molecule has 1 unspecified atom stereocenters. The van der Waals surface area contributed by atoms with Crippen LogP contribution >= 0.6 is 0 Å². The van der Waals surface area contributed by atoms with Crippen LogP contribution in [0.1, 0.15) is 26.7 Å². The third-order valence-corrected chi connectivity index (χ3v) is 3.85. The van der Waals surface area contributed by atoms with Crippen LogP contribution in [0.15, 0.2) is 0 Å². The van der Waals surface area contributed by atoms with Crippen molar-refractivity contribution in [2.24, 2.45) is 0 Å². The van der Waals surface area contributed by atoms with Crippen molar-refractivity contribution in [2.45, 2.75) is 44.7 Å². The highest BCUT2D eigenvalue weighted by atomic mass is 19.3. The number of rotatable bonds is 7. The quantitative estimate of drug-likeness (QED) is 0.714. The van der Waals surface area contributed by atoms with E-state index in [0.717, 1.165) is 24.1 Å². The first-order chi connectivity index (χ1) is 8.62. The van der Waals surface area contributed by atoms with Gasteiger partial charge in [-0.05, 0) is 20.3 Å². The van der Waals surface area contributed by atoms with Gasteiger partial charge in [-0.3, -0.25) is 4.90 Å². The van der Waals surface area contributed by atoms with Crippen LogP contribution in [-0.2, 0) is 0 Å². The summed E-state index contributed by atoms with van der Waals surface area (Å²) in [7, 11) is 6.47. The number of hydrogen-bond donors (Lipinski definition) is 1. The normalized spacial score (nSPS) is 23.5. The molecule has 0 amide bonds. The van der Waals surface area contributed by atoms with Gasteiger partial charge in [0, 0.05) is 32.1 Å². The van der Waals surface area contributed by atoms with Gasteiger partial charge in [-0.1, -0.05) is 0 Å². The van der Waals surface area contributed by atoms with Crippen LogP contribution in [0.4, 0.5) is 8.78 Å². The van der Waals surface area contributed by atoms with Crippen LogP contribution in [0.3, 0.4) is 0 Å². The van der Waals surface area contributed by atoms with E-state index < -0.39 is 12.0 Å². The maximum Gasteiger partial charge on any atom is 0.264 e. The van der Waals surface area contributed by atoms with E-state index in [9.17, 15) is 8.78 Å². The van der Waals surface area contributed by atoms with Crippen LogP contribution in [0.2, 0.25) is 0 Å². The predicted molar refractivity (Wildman–Crippen MR) is 75.6 cm³/mol. The van der Waals surface area contributed by atoms with Crippen LogP contribution in [0, 0.1) is 0 Å². The lowest BCUT2D eigenvalue weighted by molar-refractivity contribution is -0.869. The van der Waals surface area contributed by atoms with E-state index in [1.165, 1.54) is 0 Å². The van der Waals surface area contributed by atoms with Gasteiger partial charge in [0.2, 0.25) is 0 Å². The maximum atomic E-state index is 13.6. The third-order valence-electron chi connectivity index (χ3n) is 3.85. The lowest BCUT2D eigenvalue weighted by atomic mass is 10.1. The molecule has 0 spiro atoms. The lowest BCUT2D eigenvalue weighted by Crippen LogP contribution is -2.46. The van der Waals surface area contributed by atoms with E-state index in [1.807, 2.05) is 0 Å². The molecule has 0 aromatic rings. The van der Waals surface area contributed by atoms with Crippen molar-refractivity contribution in [3.63, 3.8) is 0 Å². The van der Waals surface area contributed by atoms with Gasteiger partial charge < -0.3 is 9.80 Å². The second-order valence-electron chi connectivity index (χ2n) is 6.95. The zero-order valence-corrected chi connectivity index (χ0v) is 13.0. The average molecular weight is 278 g/mol. The summed E-state index contributed by atoms with van der Waals surface area (Å²) in [5.41, 5.74) is 0. The van der Waals surface area contributed by atoms with Crippen molar-refractivity contribution in [3.05, 3.63) is 0 Å². The molecule has 0 bridgehead atoms. The van der Waals surface area contributed by atoms with Gasteiger partial charge in [-0.15, -0.1) is 0 Å². The summed E-state index contributed by atoms with van der Waals surface area (Å²) in [5, 5.41) is 2.93. The monoisotopic (exact) mass is 278 g/mol. The molecule has 0 aromatic carbocycles. The molecule has 0 saturated carbocycles. The Balaban J connectivity index is 2.42. The molecule has 3 nitrogen and oxygen atoms in total. The number of likely N-dealkylation sites (N-methyl/N-ethyl adjacent to an activating group) is 1. The Bertz CT molecular complexity index is 274. The zero-order chi connectivity index (χ0) is 14.7. The largest absolute Gasteiger partial charge is 0.330 e. The minimum absolute atomic E-state index is 0.0156. The fraction of sp³-hybridized carbons (Fsp3) is 1.00. The lowest BCUT2D eigenvalue weighted by Gasteiger charge is -2.32. The van der Waals surface area contributed by atoms with E-state index in [4.69, 9.17) is 0 Å². The summed E-state index contributed by atoms with van der Waals surface area (Å²) in [6, 6.07) is -0.237. The first-order valence-corrected chi connectivity index (χ1v) is 7.27. The van der Waals surface area contributed by atoms with E-state index in [1.54, 1.807) is 0 Å². The number of nitrogens with zero attached hydrogens (tertiary/aromatic N) is 2. The van der Waals surface area contributed by atoms with E-state index in [-0.39, 0.29) is 6.42 Å². The summed E-state index contributed by atoms with van der Waals surface area (Å²) in [6.45, 7) is 7.45. The number of nitrogens with one attached hydrogen (secondary N) is 1. The highest BCUT2D eigenvalue weighted by Gasteiger charge is 2.43. The smallest absolute Gasteiger partial charge is 0.264 e. The SMILES string of the molecule is CC(C)N(CCC1NCCC1(F)F)CC[N+](C)(C)C. The molecule has 19 heavy (non-hydrogen) atoms. The molecule has 1 heterocycles. The number of quaternary nitrogens is 1. The topological polar surface area (TPSA) is 15.3 Å². The Morgan fingerprint density at radius 1 is 1.26 bits per heavy atom. The van der Waals surface area contributed by atoms with Gasteiger partial charge in [0.1, 0.15) is 0 Å². The highest BCUT2D eigenvalue weighted by molar-refractivity contribution is 4.91. The van der Waals surface area contributed by atoms with E-state index >= 15 is 0 Å². The van der Waals surface area contributed by atoms with Crippen molar-refractivity contribution in [1.82, 2.24) is 10.2 Å². The van der Waals surface area contributed by atoms with Crippen LogP contribution < -0.4 is 5.32 Å². The van der Waals surface area contributed by atoms with Crippen molar-refractivity contribution in [3.8, 4) is 0 Å². The molecule has 1 rings (SSSR count). The molecule has 1 N–H and O–H groups in total. The molecule has 0 radical (unpaired) electrons. The van der Waals surface area contributed by atoms with Gasteiger partial charge in [-0.25, -0.2) is 8.78 Å². The molecule has 5 heteroatoms. The summed E-state index contributed by atoms with van der Waals surface area (Å²) < 4.78 is 28.0. The van der Waals surface area contributed by atoms with Gasteiger partial charge >= 0.3 is 0 Å². The maximum absolute atomic E-state index is 13.6. The highest BCUT2D eigenvalue weighted by Crippen LogP contribution is 2.29. The van der Waals surface area contributed by atoms with Gasteiger partial charge in [0.15, 0.2) is 0 Å². The summed E-state index contributed by atoms with van der Waals surface area (Å²) in [5.74, 6) is -2.53. The molecule has 0 aliphatic carbocycles. The Labute approximate surface area is 116 Å². The second-order valence-corrected chi connectivity index (χ2v) is 6.95. The Hall–Kier alpha value is -0.260. The van der Waals surface area contributed by atoms with Gasteiger partial charge in [-0.2, -0.15) is 0 Å². The molecule has 1 atom stereocenters. The predicted octanol–water partition coefficient (Wildman–Crippen LogP) is 1.79. The number of hydrogen-bond acceptors (Lipinski definition) is 2. The Kier molecular flexibility index (Phi) is 5.71. The van der Waals surface area contributed by atoms with E-state index in [2.05, 4.69) is 45.2 Å². The van der Waals surface area contributed by atoms with Crippen LogP contribution in [0.5, 0.6) is 0 Å².